The van der Waals surface area contributed by atoms with Crippen LogP contribution in [0.5, 0.6) is 11.5 Å². The molecule has 4 aliphatic rings. The zero-order valence-electron chi connectivity index (χ0n) is 14.7. The lowest BCUT2D eigenvalue weighted by molar-refractivity contribution is -0.0143. The van der Waals surface area contributed by atoms with E-state index in [0.717, 1.165) is 46.2 Å². The Morgan fingerprint density at radius 2 is 1.75 bits per heavy atom. The average molecular weight is 394 g/mol. The van der Waals surface area contributed by atoms with Crippen LogP contribution in [0.3, 0.4) is 0 Å². The van der Waals surface area contributed by atoms with Gasteiger partial charge in [0.15, 0.2) is 11.5 Å². The molecule has 4 aliphatic carbocycles. The van der Waals surface area contributed by atoms with Crippen molar-refractivity contribution >= 4 is 15.9 Å². The van der Waals surface area contributed by atoms with Gasteiger partial charge in [0, 0.05) is 22.6 Å². The van der Waals surface area contributed by atoms with Crippen molar-refractivity contribution in [2.75, 3.05) is 13.7 Å². The van der Waals surface area contributed by atoms with Crippen molar-refractivity contribution in [3.8, 4) is 11.5 Å². The van der Waals surface area contributed by atoms with E-state index in [0.29, 0.717) is 12.6 Å². The SMILES string of the molecule is CCOc1c(CNC2C3CC4CC(C3)CC2C4)cc(Br)cc1OC. The van der Waals surface area contributed by atoms with E-state index >= 15 is 0 Å². The van der Waals surface area contributed by atoms with Crippen LogP contribution in [-0.4, -0.2) is 19.8 Å². The maximum atomic E-state index is 5.89. The van der Waals surface area contributed by atoms with Gasteiger partial charge >= 0.3 is 0 Å². The summed E-state index contributed by atoms with van der Waals surface area (Å²) in [5.74, 6) is 5.54. The normalized spacial score (nSPS) is 33.7. The van der Waals surface area contributed by atoms with Gasteiger partial charge in [0.2, 0.25) is 0 Å². The average Bonchev–Trinajstić information content (AvgIpc) is 2.55. The highest BCUT2D eigenvalue weighted by Gasteiger charge is 2.47. The zero-order valence-corrected chi connectivity index (χ0v) is 16.3. The van der Waals surface area contributed by atoms with Crippen LogP contribution in [0.1, 0.15) is 44.6 Å². The van der Waals surface area contributed by atoms with E-state index in [1.165, 1.54) is 37.7 Å². The molecule has 0 heterocycles. The highest BCUT2D eigenvalue weighted by Crippen LogP contribution is 2.53. The van der Waals surface area contributed by atoms with Gasteiger partial charge < -0.3 is 14.8 Å². The smallest absolute Gasteiger partial charge is 0.165 e. The molecule has 0 spiro atoms. The number of benzene rings is 1. The monoisotopic (exact) mass is 393 g/mol. The van der Waals surface area contributed by atoms with Crippen LogP contribution >= 0.6 is 15.9 Å². The predicted octanol–water partition coefficient (Wildman–Crippen LogP) is 4.77. The fourth-order valence-electron chi connectivity index (χ4n) is 5.70. The Labute approximate surface area is 153 Å². The lowest BCUT2D eigenvalue weighted by Crippen LogP contribution is -2.54. The Morgan fingerprint density at radius 3 is 2.33 bits per heavy atom. The first-order valence-corrected chi connectivity index (χ1v) is 10.2. The third-order valence-electron chi connectivity index (χ3n) is 6.36. The molecule has 1 N–H and O–H groups in total. The van der Waals surface area contributed by atoms with Gasteiger partial charge in [-0.25, -0.2) is 0 Å². The van der Waals surface area contributed by atoms with E-state index < -0.39 is 0 Å². The van der Waals surface area contributed by atoms with Crippen molar-refractivity contribution in [2.24, 2.45) is 23.7 Å². The molecule has 4 fully saturated rings. The van der Waals surface area contributed by atoms with Gasteiger partial charge in [0.05, 0.1) is 13.7 Å². The minimum absolute atomic E-state index is 0.656. The van der Waals surface area contributed by atoms with Crippen LogP contribution in [0.25, 0.3) is 0 Å². The van der Waals surface area contributed by atoms with E-state index in [2.05, 4.69) is 27.3 Å². The Morgan fingerprint density at radius 1 is 1.08 bits per heavy atom. The van der Waals surface area contributed by atoms with E-state index in [4.69, 9.17) is 9.47 Å². The fraction of sp³-hybridized carbons (Fsp3) is 0.700. The molecule has 0 atom stereocenters. The molecule has 0 amide bonds. The van der Waals surface area contributed by atoms with E-state index in [1.807, 2.05) is 13.0 Å². The fourth-order valence-corrected chi connectivity index (χ4v) is 6.18. The molecular weight excluding hydrogens is 366 g/mol. The molecule has 5 rings (SSSR count). The Kier molecular flexibility index (Phi) is 4.79. The Balaban J connectivity index is 1.50. The van der Waals surface area contributed by atoms with Crippen molar-refractivity contribution in [1.29, 1.82) is 0 Å². The Bertz CT molecular complexity index is 576. The van der Waals surface area contributed by atoms with Crippen LogP contribution in [0.4, 0.5) is 0 Å². The molecule has 132 valence electrons. The highest BCUT2D eigenvalue weighted by molar-refractivity contribution is 9.10. The molecule has 0 radical (unpaired) electrons. The Hall–Kier alpha value is -0.740. The summed E-state index contributed by atoms with van der Waals surface area (Å²) in [6.45, 7) is 3.54. The minimum Gasteiger partial charge on any atom is -0.493 e. The molecule has 1 aromatic rings. The summed E-state index contributed by atoms with van der Waals surface area (Å²) >= 11 is 3.60. The third-order valence-corrected chi connectivity index (χ3v) is 6.82. The van der Waals surface area contributed by atoms with Crippen molar-refractivity contribution in [2.45, 2.75) is 51.6 Å². The van der Waals surface area contributed by atoms with E-state index in [-0.39, 0.29) is 0 Å². The van der Waals surface area contributed by atoms with Crippen LogP contribution in [0, 0.1) is 23.7 Å². The first-order valence-electron chi connectivity index (χ1n) is 9.40. The summed E-state index contributed by atoms with van der Waals surface area (Å²) in [5, 5.41) is 3.90. The first-order chi connectivity index (χ1) is 11.7. The van der Waals surface area contributed by atoms with Crippen molar-refractivity contribution in [1.82, 2.24) is 5.32 Å². The summed E-state index contributed by atoms with van der Waals surface area (Å²) in [7, 11) is 1.71. The maximum absolute atomic E-state index is 5.89. The number of ether oxygens (including phenoxy) is 2. The second-order valence-electron chi connectivity index (χ2n) is 7.87. The molecule has 3 nitrogen and oxygen atoms in total. The van der Waals surface area contributed by atoms with Crippen LogP contribution in [-0.2, 0) is 6.54 Å². The molecule has 0 aliphatic heterocycles. The summed E-state index contributed by atoms with van der Waals surface area (Å²) in [4.78, 5) is 0. The van der Waals surface area contributed by atoms with E-state index in [9.17, 15) is 0 Å². The maximum Gasteiger partial charge on any atom is 0.165 e. The number of nitrogens with one attached hydrogen (secondary N) is 1. The second-order valence-corrected chi connectivity index (χ2v) is 8.78. The topological polar surface area (TPSA) is 30.5 Å². The summed E-state index contributed by atoms with van der Waals surface area (Å²) < 4.78 is 12.5. The van der Waals surface area contributed by atoms with Crippen LogP contribution in [0.15, 0.2) is 16.6 Å². The highest BCUT2D eigenvalue weighted by atomic mass is 79.9. The van der Waals surface area contributed by atoms with Gasteiger partial charge in [0.25, 0.3) is 0 Å². The standard InChI is InChI=1S/C20H28BrNO2/c1-3-24-20-16(9-17(21)10-18(20)23-2)11-22-19-14-5-12-4-13(7-14)8-15(19)6-12/h9-10,12-15,19,22H,3-8,11H2,1-2H3. The molecule has 4 saturated carbocycles. The zero-order chi connectivity index (χ0) is 16.7. The van der Waals surface area contributed by atoms with Crippen LogP contribution in [0.2, 0.25) is 0 Å². The quantitative estimate of drug-likeness (QED) is 0.754. The lowest BCUT2D eigenvalue weighted by Gasteiger charge is -2.54. The van der Waals surface area contributed by atoms with E-state index in [1.54, 1.807) is 7.11 Å². The molecule has 0 saturated heterocycles. The van der Waals surface area contributed by atoms with Gasteiger partial charge in [-0.2, -0.15) is 0 Å². The van der Waals surface area contributed by atoms with Gasteiger partial charge in [-0.3, -0.25) is 0 Å². The van der Waals surface area contributed by atoms with Gasteiger partial charge in [-0.05, 0) is 74.8 Å². The summed E-state index contributed by atoms with van der Waals surface area (Å²) in [5.41, 5.74) is 1.19. The molecule has 24 heavy (non-hydrogen) atoms. The van der Waals surface area contributed by atoms with Gasteiger partial charge in [-0.1, -0.05) is 15.9 Å². The van der Waals surface area contributed by atoms with Crippen molar-refractivity contribution in [3.63, 3.8) is 0 Å². The van der Waals surface area contributed by atoms with Crippen LogP contribution < -0.4 is 14.8 Å². The van der Waals surface area contributed by atoms with Crippen molar-refractivity contribution < 1.29 is 9.47 Å². The lowest BCUT2D eigenvalue weighted by atomic mass is 9.54. The number of hydrogen-bond acceptors (Lipinski definition) is 3. The largest absolute Gasteiger partial charge is 0.493 e. The van der Waals surface area contributed by atoms with Gasteiger partial charge in [0.1, 0.15) is 0 Å². The molecule has 0 unspecified atom stereocenters. The first kappa shape index (κ1) is 16.7. The molecular formula is C20H28BrNO2. The number of hydrogen-bond donors (Lipinski definition) is 1. The molecule has 0 aromatic heterocycles. The second kappa shape index (κ2) is 6.87. The third kappa shape index (κ3) is 3.08. The predicted molar refractivity (Wildman–Crippen MR) is 99.5 cm³/mol. The van der Waals surface area contributed by atoms with Crippen molar-refractivity contribution in [3.05, 3.63) is 22.2 Å². The molecule has 4 heteroatoms. The molecule has 4 bridgehead atoms. The summed E-state index contributed by atoms with van der Waals surface area (Å²) in [6, 6.07) is 4.84. The number of methoxy groups -OCH3 is 1. The minimum atomic E-state index is 0.656. The number of halogens is 1. The number of rotatable bonds is 6. The van der Waals surface area contributed by atoms with Gasteiger partial charge in [-0.15, -0.1) is 0 Å². The molecule has 1 aromatic carbocycles. The summed E-state index contributed by atoms with van der Waals surface area (Å²) in [6.07, 6.45) is 7.31.